The van der Waals surface area contributed by atoms with Crippen LogP contribution in [-0.2, 0) is 11.2 Å². The van der Waals surface area contributed by atoms with E-state index in [0.29, 0.717) is 18.7 Å². The van der Waals surface area contributed by atoms with Crippen molar-refractivity contribution < 1.29 is 14.7 Å². The smallest absolute Gasteiger partial charge is 0.331 e. The lowest BCUT2D eigenvalue weighted by Crippen LogP contribution is -2.43. The van der Waals surface area contributed by atoms with E-state index in [4.69, 9.17) is 0 Å². The number of nitrogens with zero attached hydrogens (tertiary/aromatic N) is 1. The zero-order valence-corrected chi connectivity index (χ0v) is 12.7. The first-order chi connectivity index (χ1) is 9.58. The predicted molar refractivity (Wildman–Crippen MR) is 77.9 cm³/mol. The Labute approximate surface area is 127 Å². The van der Waals surface area contributed by atoms with Crippen molar-refractivity contribution in [2.75, 3.05) is 6.54 Å². The van der Waals surface area contributed by atoms with Crippen LogP contribution in [0.25, 0.3) is 0 Å². The number of halogens is 1. The molecule has 0 aliphatic carbocycles. The van der Waals surface area contributed by atoms with Gasteiger partial charge in [-0.3, -0.25) is 4.79 Å². The minimum atomic E-state index is -0.997. The summed E-state index contributed by atoms with van der Waals surface area (Å²) >= 11 is 4.82. The van der Waals surface area contributed by atoms with Crippen LogP contribution in [0.2, 0.25) is 0 Å². The van der Waals surface area contributed by atoms with Gasteiger partial charge in [0, 0.05) is 22.1 Å². The molecule has 20 heavy (non-hydrogen) atoms. The van der Waals surface area contributed by atoms with Gasteiger partial charge < -0.3 is 15.0 Å². The molecule has 5 nitrogen and oxygen atoms in total. The minimum Gasteiger partial charge on any atom is -0.479 e. The molecule has 2 aromatic heterocycles. The van der Waals surface area contributed by atoms with E-state index in [1.54, 1.807) is 29.7 Å². The zero-order valence-electron chi connectivity index (χ0n) is 10.3. The summed E-state index contributed by atoms with van der Waals surface area (Å²) in [6.07, 6.45) is 2.35. The summed E-state index contributed by atoms with van der Waals surface area (Å²) in [4.78, 5) is 29.3. The van der Waals surface area contributed by atoms with Gasteiger partial charge in [-0.1, -0.05) is 0 Å². The summed E-state index contributed by atoms with van der Waals surface area (Å²) in [5.41, 5.74) is 1.12. The number of H-pyrrole nitrogens is 1. The lowest BCUT2D eigenvalue weighted by atomic mass is 9.99. The molecule has 7 heteroatoms. The number of carbonyl (C=O) groups is 2. The Morgan fingerprint density at radius 2 is 2.30 bits per heavy atom. The Morgan fingerprint density at radius 3 is 2.95 bits per heavy atom. The molecule has 0 fully saturated rings. The largest absolute Gasteiger partial charge is 0.479 e. The van der Waals surface area contributed by atoms with Gasteiger partial charge in [0.25, 0.3) is 5.91 Å². The summed E-state index contributed by atoms with van der Waals surface area (Å²) < 4.78 is 0.765. The van der Waals surface area contributed by atoms with Crippen molar-refractivity contribution in [2.24, 2.45) is 0 Å². The minimum absolute atomic E-state index is 0.292. The molecule has 0 aromatic carbocycles. The summed E-state index contributed by atoms with van der Waals surface area (Å²) in [7, 11) is 0. The maximum absolute atomic E-state index is 12.5. The van der Waals surface area contributed by atoms with E-state index in [9.17, 15) is 14.7 Å². The number of amides is 1. The summed E-state index contributed by atoms with van der Waals surface area (Å²) in [5.74, 6) is -1.29. The fourth-order valence-corrected chi connectivity index (χ4v) is 3.69. The van der Waals surface area contributed by atoms with E-state index < -0.39 is 12.0 Å². The molecule has 1 amide bonds. The molecule has 1 aliphatic rings. The van der Waals surface area contributed by atoms with Crippen molar-refractivity contribution in [1.82, 2.24) is 9.88 Å². The Morgan fingerprint density at radius 1 is 1.50 bits per heavy atom. The van der Waals surface area contributed by atoms with Crippen LogP contribution in [0.5, 0.6) is 0 Å². The summed E-state index contributed by atoms with van der Waals surface area (Å²) in [6.45, 7) is 0.417. The van der Waals surface area contributed by atoms with E-state index in [2.05, 4.69) is 20.9 Å². The molecule has 0 radical (unpaired) electrons. The van der Waals surface area contributed by atoms with E-state index >= 15 is 0 Å². The van der Waals surface area contributed by atoms with Crippen molar-refractivity contribution in [3.05, 3.63) is 44.3 Å². The number of hydrogen-bond donors (Lipinski definition) is 2. The number of carboxylic acids is 1. The number of aromatic amines is 1. The third-order valence-electron chi connectivity index (χ3n) is 3.34. The average Bonchev–Trinajstić information content (AvgIpc) is 3.04. The molecule has 0 saturated carbocycles. The second kappa shape index (κ2) is 5.06. The number of aliphatic carboxylic acids is 1. The average molecular weight is 355 g/mol. The van der Waals surface area contributed by atoms with Crippen LogP contribution in [0, 0.1) is 0 Å². The summed E-state index contributed by atoms with van der Waals surface area (Å²) in [6, 6.07) is 2.55. The number of thiophene rings is 1. The van der Waals surface area contributed by atoms with Gasteiger partial charge in [-0.25, -0.2) is 4.79 Å². The molecule has 3 heterocycles. The summed E-state index contributed by atoms with van der Waals surface area (Å²) in [5, 5.41) is 11.3. The maximum atomic E-state index is 12.5. The Balaban J connectivity index is 1.97. The van der Waals surface area contributed by atoms with Gasteiger partial charge in [0.05, 0.1) is 0 Å². The molecular weight excluding hydrogens is 344 g/mol. The van der Waals surface area contributed by atoms with E-state index in [0.717, 1.165) is 14.9 Å². The van der Waals surface area contributed by atoms with Crippen LogP contribution in [0.1, 0.15) is 27.0 Å². The quantitative estimate of drug-likeness (QED) is 0.870. The Bertz CT molecular complexity index is 679. The Kier molecular flexibility index (Phi) is 3.39. The van der Waals surface area contributed by atoms with Crippen molar-refractivity contribution in [3.63, 3.8) is 0 Å². The molecule has 1 atom stereocenters. The number of rotatable bonds is 2. The van der Waals surface area contributed by atoms with E-state index in [1.165, 1.54) is 4.90 Å². The molecule has 0 saturated heterocycles. The first-order valence-electron chi connectivity index (χ1n) is 6.02. The van der Waals surface area contributed by atoms with Crippen LogP contribution in [-0.4, -0.2) is 33.4 Å². The molecule has 0 spiro atoms. The third kappa shape index (κ3) is 2.16. The highest BCUT2D eigenvalue weighted by Gasteiger charge is 2.37. The number of nitrogens with one attached hydrogen (secondary N) is 1. The Hall–Kier alpha value is -1.60. The van der Waals surface area contributed by atoms with Crippen molar-refractivity contribution in [2.45, 2.75) is 12.5 Å². The molecule has 2 aromatic rings. The SMILES string of the molecule is O=C(O)C1c2ccsc2CCN1C(=O)c1cc(Br)c[nH]1. The van der Waals surface area contributed by atoms with Crippen LogP contribution in [0.3, 0.4) is 0 Å². The number of hydrogen-bond acceptors (Lipinski definition) is 3. The first-order valence-corrected chi connectivity index (χ1v) is 7.69. The second-order valence-corrected chi connectivity index (χ2v) is 6.44. The lowest BCUT2D eigenvalue weighted by molar-refractivity contribution is -0.142. The molecular formula is C13H11BrN2O3S. The van der Waals surface area contributed by atoms with Gasteiger partial charge in [-0.15, -0.1) is 11.3 Å². The normalized spacial score (nSPS) is 17.9. The van der Waals surface area contributed by atoms with E-state index in [1.807, 2.05) is 5.38 Å². The molecule has 104 valence electrons. The fraction of sp³-hybridized carbons (Fsp3) is 0.231. The van der Waals surface area contributed by atoms with Gasteiger partial charge >= 0.3 is 5.97 Å². The van der Waals surface area contributed by atoms with Crippen molar-refractivity contribution in [1.29, 1.82) is 0 Å². The van der Waals surface area contributed by atoms with E-state index in [-0.39, 0.29) is 5.91 Å². The number of carboxylic acid groups (broad SMARTS) is 1. The van der Waals surface area contributed by atoms with Crippen LogP contribution >= 0.6 is 27.3 Å². The first kappa shape index (κ1) is 13.4. The highest BCUT2D eigenvalue weighted by molar-refractivity contribution is 9.10. The van der Waals surface area contributed by atoms with Crippen LogP contribution in [0.4, 0.5) is 0 Å². The monoisotopic (exact) mass is 354 g/mol. The highest BCUT2D eigenvalue weighted by Crippen LogP contribution is 2.34. The number of carbonyl (C=O) groups excluding carboxylic acids is 1. The number of aromatic nitrogens is 1. The predicted octanol–water partition coefficient (Wildman–Crippen LogP) is 2.66. The molecule has 2 N–H and O–H groups in total. The molecule has 1 aliphatic heterocycles. The number of fused-ring (bicyclic) bond motifs is 1. The maximum Gasteiger partial charge on any atom is 0.331 e. The molecule has 1 unspecified atom stereocenters. The second-order valence-electron chi connectivity index (χ2n) is 4.52. The van der Waals surface area contributed by atoms with Gasteiger partial charge in [-0.2, -0.15) is 0 Å². The van der Waals surface area contributed by atoms with Crippen LogP contribution in [0.15, 0.2) is 28.2 Å². The third-order valence-corrected chi connectivity index (χ3v) is 4.79. The lowest BCUT2D eigenvalue weighted by Gasteiger charge is -2.32. The standard InChI is InChI=1S/C13H11BrN2O3S/c14-7-5-9(15-6-7)12(17)16-3-1-10-8(2-4-20-10)11(16)13(18)19/h2,4-6,11,15H,1,3H2,(H,18,19). The van der Waals surface area contributed by atoms with Gasteiger partial charge in [0.2, 0.25) is 0 Å². The van der Waals surface area contributed by atoms with Gasteiger partial charge in [0.1, 0.15) is 5.69 Å². The van der Waals surface area contributed by atoms with Gasteiger partial charge in [0.15, 0.2) is 6.04 Å². The molecule has 3 rings (SSSR count). The van der Waals surface area contributed by atoms with Crippen molar-refractivity contribution in [3.8, 4) is 0 Å². The van der Waals surface area contributed by atoms with Gasteiger partial charge in [-0.05, 0) is 45.4 Å². The molecule has 0 bridgehead atoms. The zero-order chi connectivity index (χ0) is 14.3. The van der Waals surface area contributed by atoms with Crippen LogP contribution < -0.4 is 0 Å². The highest BCUT2D eigenvalue weighted by atomic mass is 79.9. The topological polar surface area (TPSA) is 73.4 Å². The van der Waals surface area contributed by atoms with Crippen molar-refractivity contribution >= 4 is 39.1 Å². The fourth-order valence-electron chi connectivity index (χ4n) is 2.45.